The number of anilines is 1. The van der Waals surface area contributed by atoms with E-state index in [4.69, 9.17) is 0 Å². The number of halogens is 1. The molecule has 3 heteroatoms. The first-order chi connectivity index (χ1) is 9.69. The van der Waals surface area contributed by atoms with Gasteiger partial charge in [-0.25, -0.2) is 4.39 Å². The smallest absolute Gasteiger partial charge is 0.146 e. The molecule has 0 spiro atoms. The van der Waals surface area contributed by atoms with Crippen LogP contribution >= 0.6 is 0 Å². The summed E-state index contributed by atoms with van der Waals surface area (Å²) in [7, 11) is 1.88. The van der Waals surface area contributed by atoms with E-state index < -0.39 is 0 Å². The van der Waals surface area contributed by atoms with Gasteiger partial charge in [-0.15, -0.1) is 0 Å². The minimum Gasteiger partial charge on any atom is -0.360 e. The summed E-state index contributed by atoms with van der Waals surface area (Å²) >= 11 is 0. The Bertz CT molecular complexity index is 599. The van der Waals surface area contributed by atoms with Crippen molar-refractivity contribution in [1.29, 1.82) is 0 Å². The molecule has 2 aromatic carbocycles. The molecular formula is C17H19FN2. The van der Waals surface area contributed by atoms with Crippen LogP contribution in [0.3, 0.4) is 0 Å². The first-order valence-electron chi connectivity index (χ1n) is 6.97. The lowest BCUT2D eigenvalue weighted by molar-refractivity contribution is 0.603. The highest BCUT2D eigenvalue weighted by Crippen LogP contribution is 2.31. The number of hydrogen-bond donors (Lipinski definition) is 1. The van der Waals surface area contributed by atoms with Crippen molar-refractivity contribution < 1.29 is 4.39 Å². The highest BCUT2D eigenvalue weighted by atomic mass is 19.1. The quantitative estimate of drug-likeness (QED) is 0.916. The van der Waals surface area contributed by atoms with Crippen molar-refractivity contribution in [2.24, 2.45) is 0 Å². The minimum absolute atomic E-state index is 0.141. The topological polar surface area (TPSA) is 15.3 Å². The van der Waals surface area contributed by atoms with Gasteiger partial charge in [-0.2, -0.15) is 0 Å². The maximum Gasteiger partial charge on any atom is 0.146 e. The fourth-order valence-electron chi connectivity index (χ4n) is 2.72. The molecule has 104 valence electrons. The predicted octanol–water partition coefficient (Wildman–Crippen LogP) is 3.63. The van der Waals surface area contributed by atoms with Crippen molar-refractivity contribution >= 4 is 5.69 Å². The van der Waals surface area contributed by atoms with E-state index >= 15 is 0 Å². The van der Waals surface area contributed by atoms with Crippen molar-refractivity contribution in [2.75, 3.05) is 11.9 Å². The second-order valence-corrected chi connectivity index (χ2v) is 5.35. The molecule has 1 aliphatic rings. The summed E-state index contributed by atoms with van der Waals surface area (Å²) in [5, 5.41) is 3.13. The lowest BCUT2D eigenvalue weighted by atomic mass is 10.1. The Kier molecular flexibility index (Phi) is 3.45. The maximum absolute atomic E-state index is 14.4. The molecule has 1 N–H and O–H groups in total. The summed E-state index contributed by atoms with van der Waals surface area (Å²) in [4.78, 5) is 2.09. The molecule has 0 saturated carbocycles. The fraction of sp³-hybridized carbons (Fsp3) is 0.294. The third kappa shape index (κ3) is 2.29. The van der Waals surface area contributed by atoms with Crippen molar-refractivity contribution in [3.05, 3.63) is 65.0 Å². The summed E-state index contributed by atoms with van der Waals surface area (Å²) in [6.07, 6.45) is 0. The van der Waals surface area contributed by atoms with E-state index in [9.17, 15) is 4.39 Å². The van der Waals surface area contributed by atoms with Gasteiger partial charge in [0.05, 0.1) is 5.69 Å². The Balaban J connectivity index is 1.86. The average Bonchev–Trinajstić information content (AvgIpc) is 2.89. The van der Waals surface area contributed by atoms with Gasteiger partial charge in [0.1, 0.15) is 5.82 Å². The monoisotopic (exact) mass is 270 g/mol. The Morgan fingerprint density at radius 2 is 1.75 bits per heavy atom. The van der Waals surface area contributed by atoms with Crippen LogP contribution in [0.15, 0.2) is 42.5 Å². The first kappa shape index (κ1) is 13.1. The zero-order valence-electron chi connectivity index (χ0n) is 11.9. The van der Waals surface area contributed by atoms with Gasteiger partial charge in [0.2, 0.25) is 0 Å². The molecule has 3 rings (SSSR count). The van der Waals surface area contributed by atoms with Crippen molar-refractivity contribution in [3.63, 3.8) is 0 Å². The summed E-state index contributed by atoms with van der Waals surface area (Å²) in [5.41, 5.74) is 4.25. The molecule has 0 aliphatic carbocycles. The molecule has 2 nitrogen and oxygen atoms in total. The number of benzene rings is 2. The zero-order chi connectivity index (χ0) is 14.1. The van der Waals surface area contributed by atoms with E-state index in [0.29, 0.717) is 5.69 Å². The molecule has 2 aromatic rings. The summed E-state index contributed by atoms with van der Waals surface area (Å²) < 4.78 is 14.4. The van der Waals surface area contributed by atoms with Crippen LogP contribution in [0, 0.1) is 5.82 Å². The standard InChI is InChI=1S/C17H19FN2/c1-12(19-2)13-7-8-17(16(18)9-13)20-10-14-5-3-4-6-15(14)11-20/h3-9,12,19H,10-11H2,1-2H3. The Labute approximate surface area is 119 Å². The molecule has 20 heavy (non-hydrogen) atoms. The van der Waals surface area contributed by atoms with Gasteiger partial charge >= 0.3 is 0 Å². The Morgan fingerprint density at radius 1 is 1.10 bits per heavy atom. The van der Waals surface area contributed by atoms with Crippen LogP contribution in [0.1, 0.15) is 29.7 Å². The predicted molar refractivity (Wildman–Crippen MR) is 80.2 cm³/mol. The van der Waals surface area contributed by atoms with Crippen LogP contribution < -0.4 is 10.2 Å². The Hall–Kier alpha value is -1.87. The van der Waals surface area contributed by atoms with Crippen molar-refractivity contribution in [2.45, 2.75) is 26.1 Å². The highest BCUT2D eigenvalue weighted by molar-refractivity contribution is 5.54. The molecular weight excluding hydrogens is 251 g/mol. The lowest BCUT2D eigenvalue weighted by Gasteiger charge is -2.20. The lowest BCUT2D eigenvalue weighted by Crippen LogP contribution is -2.17. The summed E-state index contributed by atoms with van der Waals surface area (Å²) in [6.45, 7) is 3.60. The van der Waals surface area contributed by atoms with Gasteiger partial charge in [0, 0.05) is 19.1 Å². The zero-order valence-corrected chi connectivity index (χ0v) is 11.9. The highest BCUT2D eigenvalue weighted by Gasteiger charge is 2.21. The van der Waals surface area contributed by atoms with Crippen LogP contribution in [-0.4, -0.2) is 7.05 Å². The fourth-order valence-corrected chi connectivity index (χ4v) is 2.72. The van der Waals surface area contributed by atoms with Crippen molar-refractivity contribution in [3.8, 4) is 0 Å². The normalized spacial score (nSPS) is 15.2. The van der Waals surface area contributed by atoms with E-state index in [2.05, 4.69) is 22.3 Å². The van der Waals surface area contributed by atoms with Gasteiger partial charge in [-0.05, 0) is 42.8 Å². The van der Waals surface area contributed by atoms with E-state index in [-0.39, 0.29) is 11.9 Å². The van der Waals surface area contributed by atoms with Gasteiger partial charge in [-0.1, -0.05) is 30.3 Å². The summed E-state index contributed by atoms with van der Waals surface area (Å²) in [6, 6.07) is 14.0. The van der Waals surface area contributed by atoms with Gasteiger partial charge < -0.3 is 10.2 Å². The average molecular weight is 270 g/mol. The largest absolute Gasteiger partial charge is 0.360 e. The molecule has 1 heterocycles. The van der Waals surface area contributed by atoms with Crippen LogP contribution in [0.5, 0.6) is 0 Å². The van der Waals surface area contributed by atoms with Crippen LogP contribution in [-0.2, 0) is 13.1 Å². The molecule has 0 aromatic heterocycles. The molecule has 1 unspecified atom stereocenters. The number of rotatable bonds is 3. The molecule has 1 aliphatic heterocycles. The van der Waals surface area contributed by atoms with Crippen LogP contribution in [0.4, 0.5) is 10.1 Å². The third-order valence-corrected chi connectivity index (χ3v) is 4.09. The SMILES string of the molecule is CNC(C)c1ccc(N2Cc3ccccc3C2)c(F)c1. The molecule has 1 atom stereocenters. The van der Waals surface area contributed by atoms with Gasteiger partial charge in [-0.3, -0.25) is 0 Å². The second kappa shape index (κ2) is 5.25. The first-order valence-corrected chi connectivity index (χ1v) is 6.97. The van der Waals surface area contributed by atoms with Gasteiger partial charge in [0.25, 0.3) is 0 Å². The maximum atomic E-state index is 14.4. The van der Waals surface area contributed by atoms with E-state index in [0.717, 1.165) is 18.7 Å². The molecule has 0 fully saturated rings. The summed E-state index contributed by atoms with van der Waals surface area (Å²) in [5.74, 6) is -0.141. The number of nitrogens with one attached hydrogen (secondary N) is 1. The second-order valence-electron chi connectivity index (χ2n) is 5.35. The number of fused-ring (bicyclic) bond motifs is 1. The van der Waals surface area contributed by atoms with E-state index in [1.165, 1.54) is 11.1 Å². The van der Waals surface area contributed by atoms with E-state index in [1.54, 1.807) is 6.07 Å². The van der Waals surface area contributed by atoms with E-state index in [1.807, 2.05) is 38.2 Å². The molecule has 0 radical (unpaired) electrons. The van der Waals surface area contributed by atoms with Crippen molar-refractivity contribution in [1.82, 2.24) is 5.32 Å². The number of nitrogens with zero attached hydrogens (tertiary/aromatic N) is 1. The van der Waals surface area contributed by atoms with Crippen LogP contribution in [0.2, 0.25) is 0 Å². The molecule has 0 amide bonds. The minimum atomic E-state index is -0.141. The van der Waals surface area contributed by atoms with Crippen LogP contribution in [0.25, 0.3) is 0 Å². The molecule has 0 bridgehead atoms. The third-order valence-electron chi connectivity index (χ3n) is 4.09. The number of hydrogen-bond acceptors (Lipinski definition) is 2. The molecule has 0 saturated heterocycles. The Morgan fingerprint density at radius 3 is 2.30 bits per heavy atom. The van der Waals surface area contributed by atoms with Gasteiger partial charge in [0.15, 0.2) is 0 Å².